The minimum absolute atomic E-state index is 0.778. The molecule has 1 rings (SSSR count). The van der Waals surface area contributed by atoms with E-state index in [1.807, 2.05) is 12.1 Å². The van der Waals surface area contributed by atoms with Gasteiger partial charge < -0.3 is 20.1 Å². The molecule has 0 saturated heterocycles. The zero-order chi connectivity index (χ0) is 14.1. The van der Waals surface area contributed by atoms with E-state index in [0.717, 1.165) is 50.4 Å². The van der Waals surface area contributed by atoms with Crippen molar-refractivity contribution in [3.05, 3.63) is 23.8 Å². The summed E-state index contributed by atoms with van der Waals surface area (Å²) in [4.78, 5) is 2.33. The number of nitrogens with zero attached hydrogens (tertiary/aromatic N) is 1. The van der Waals surface area contributed by atoms with Gasteiger partial charge in [-0.1, -0.05) is 6.07 Å². The first-order valence-electron chi connectivity index (χ1n) is 6.80. The minimum Gasteiger partial charge on any atom is -0.497 e. The highest BCUT2D eigenvalue weighted by Gasteiger charge is 2.06. The zero-order valence-electron chi connectivity index (χ0n) is 12.3. The van der Waals surface area contributed by atoms with Crippen molar-refractivity contribution in [2.24, 2.45) is 5.73 Å². The van der Waals surface area contributed by atoms with Crippen LogP contribution in [0, 0.1) is 0 Å². The third kappa shape index (κ3) is 5.49. The van der Waals surface area contributed by atoms with Crippen LogP contribution in [0.25, 0.3) is 0 Å². The molecule has 0 aliphatic rings. The maximum atomic E-state index is 5.50. The van der Waals surface area contributed by atoms with Crippen LogP contribution in [0.2, 0.25) is 0 Å². The van der Waals surface area contributed by atoms with Crippen LogP contribution in [0.5, 0.6) is 11.5 Å². The Balaban J connectivity index is 2.47. The molecule has 1 aromatic carbocycles. The molecule has 4 nitrogen and oxygen atoms in total. The number of rotatable bonds is 9. The van der Waals surface area contributed by atoms with Crippen LogP contribution in [-0.4, -0.2) is 45.8 Å². The topological polar surface area (TPSA) is 47.7 Å². The van der Waals surface area contributed by atoms with Crippen molar-refractivity contribution in [3.8, 4) is 11.5 Å². The largest absolute Gasteiger partial charge is 0.497 e. The van der Waals surface area contributed by atoms with Gasteiger partial charge in [-0.05, 0) is 51.0 Å². The van der Waals surface area contributed by atoms with Gasteiger partial charge in [-0.25, -0.2) is 0 Å². The summed E-state index contributed by atoms with van der Waals surface area (Å²) >= 11 is 0. The van der Waals surface area contributed by atoms with E-state index >= 15 is 0 Å². The molecule has 0 atom stereocenters. The molecule has 0 unspecified atom stereocenters. The first kappa shape index (κ1) is 15.8. The molecule has 0 amide bonds. The van der Waals surface area contributed by atoms with Crippen LogP contribution in [0.1, 0.15) is 18.4 Å². The van der Waals surface area contributed by atoms with Crippen molar-refractivity contribution in [1.29, 1.82) is 0 Å². The number of benzene rings is 1. The van der Waals surface area contributed by atoms with Gasteiger partial charge in [0.25, 0.3) is 0 Å². The lowest BCUT2D eigenvalue weighted by Crippen LogP contribution is -2.23. The van der Waals surface area contributed by atoms with Gasteiger partial charge in [0.2, 0.25) is 0 Å². The fourth-order valence-corrected chi connectivity index (χ4v) is 2.01. The van der Waals surface area contributed by atoms with Crippen molar-refractivity contribution in [2.75, 3.05) is 40.9 Å². The lowest BCUT2D eigenvalue weighted by Gasteiger charge is -2.17. The molecule has 0 fully saturated rings. The maximum absolute atomic E-state index is 5.50. The summed E-state index contributed by atoms with van der Waals surface area (Å²) in [6.07, 6.45) is 3.23. The number of hydrogen-bond acceptors (Lipinski definition) is 4. The van der Waals surface area contributed by atoms with E-state index in [9.17, 15) is 0 Å². The highest BCUT2D eigenvalue weighted by atomic mass is 16.5. The molecule has 0 spiro atoms. The fourth-order valence-electron chi connectivity index (χ4n) is 2.01. The van der Waals surface area contributed by atoms with E-state index in [-0.39, 0.29) is 0 Å². The molecule has 0 heterocycles. The lowest BCUT2D eigenvalue weighted by atomic mass is 10.1. The minimum atomic E-state index is 0.778. The smallest absolute Gasteiger partial charge is 0.125 e. The average Bonchev–Trinajstić information content (AvgIpc) is 2.45. The van der Waals surface area contributed by atoms with Crippen molar-refractivity contribution in [3.63, 3.8) is 0 Å². The van der Waals surface area contributed by atoms with Crippen LogP contribution < -0.4 is 15.2 Å². The van der Waals surface area contributed by atoms with Crippen molar-refractivity contribution >= 4 is 0 Å². The molecule has 0 aromatic heterocycles. The number of ether oxygens (including phenoxy) is 2. The van der Waals surface area contributed by atoms with E-state index in [4.69, 9.17) is 15.2 Å². The van der Waals surface area contributed by atoms with Crippen LogP contribution >= 0.6 is 0 Å². The summed E-state index contributed by atoms with van der Waals surface area (Å²) < 4.78 is 10.6. The molecular formula is C15H26N2O2. The Morgan fingerprint density at radius 2 is 1.89 bits per heavy atom. The molecule has 2 N–H and O–H groups in total. The molecule has 0 aliphatic heterocycles. The van der Waals surface area contributed by atoms with E-state index < -0.39 is 0 Å². The molecule has 4 heteroatoms. The Labute approximate surface area is 116 Å². The highest BCUT2D eigenvalue weighted by Crippen LogP contribution is 2.24. The van der Waals surface area contributed by atoms with Crippen LogP contribution in [0.3, 0.4) is 0 Å². The first-order valence-corrected chi connectivity index (χ1v) is 6.80. The normalized spacial score (nSPS) is 10.8. The number of likely N-dealkylation sites (N-methyl/N-ethyl adjacent to an activating group) is 1. The third-order valence-corrected chi connectivity index (χ3v) is 3.25. The van der Waals surface area contributed by atoms with E-state index in [0.29, 0.717) is 0 Å². The van der Waals surface area contributed by atoms with Crippen molar-refractivity contribution in [1.82, 2.24) is 4.90 Å². The van der Waals surface area contributed by atoms with Gasteiger partial charge in [-0.15, -0.1) is 0 Å². The number of unbranched alkanes of at least 4 members (excludes halogenated alkanes) is 1. The molecule has 0 radical (unpaired) electrons. The van der Waals surface area contributed by atoms with Gasteiger partial charge in [0.05, 0.1) is 14.2 Å². The average molecular weight is 266 g/mol. The Bertz CT molecular complexity index is 369. The second-order valence-electron chi connectivity index (χ2n) is 4.73. The van der Waals surface area contributed by atoms with Gasteiger partial charge in [0, 0.05) is 12.6 Å². The standard InChI is InChI=1S/C15H26N2O2/c1-17(10-5-4-9-16)11-8-13-6-7-14(18-2)12-15(13)19-3/h6-7,12H,4-5,8-11,16H2,1-3H3. The summed E-state index contributed by atoms with van der Waals surface area (Å²) in [5.74, 6) is 1.73. The highest BCUT2D eigenvalue weighted by molar-refractivity contribution is 5.40. The SMILES string of the molecule is COc1ccc(CCN(C)CCCCN)c(OC)c1. The van der Waals surface area contributed by atoms with Gasteiger partial charge in [-0.2, -0.15) is 0 Å². The van der Waals surface area contributed by atoms with Crippen molar-refractivity contribution in [2.45, 2.75) is 19.3 Å². The summed E-state index contributed by atoms with van der Waals surface area (Å²) in [7, 11) is 5.51. The number of methoxy groups -OCH3 is 2. The molecule has 0 saturated carbocycles. The van der Waals surface area contributed by atoms with E-state index in [2.05, 4.69) is 18.0 Å². The summed E-state index contributed by atoms with van der Waals surface area (Å²) in [6.45, 7) is 2.89. The predicted molar refractivity (Wildman–Crippen MR) is 79.0 cm³/mol. The second kappa shape index (κ2) is 8.77. The number of nitrogens with two attached hydrogens (primary N) is 1. The Hall–Kier alpha value is -1.26. The molecular weight excluding hydrogens is 240 g/mol. The van der Waals surface area contributed by atoms with Crippen molar-refractivity contribution < 1.29 is 9.47 Å². The zero-order valence-corrected chi connectivity index (χ0v) is 12.3. The second-order valence-corrected chi connectivity index (χ2v) is 4.73. The van der Waals surface area contributed by atoms with E-state index in [1.165, 1.54) is 5.56 Å². The first-order chi connectivity index (χ1) is 9.21. The molecule has 1 aromatic rings. The Morgan fingerprint density at radius 1 is 1.11 bits per heavy atom. The third-order valence-electron chi connectivity index (χ3n) is 3.25. The summed E-state index contributed by atoms with van der Waals surface area (Å²) in [5, 5.41) is 0. The van der Waals surface area contributed by atoms with Crippen LogP contribution in [0.4, 0.5) is 0 Å². The van der Waals surface area contributed by atoms with Gasteiger partial charge >= 0.3 is 0 Å². The summed E-state index contributed by atoms with van der Waals surface area (Å²) in [6, 6.07) is 5.99. The predicted octanol–water partition coefficient (Wildman–Crippen LogP) is 1.92. The van der Waals surface area contributed by atoms with Crippen LogP contribution in [0.15, 0.2) is 18.2 Å². The summed E-state index contributed by atoms with van der Waals surface area (Å²) in [5.41, 5.74) is 6.71. The fraction of sp³-hybridized carbons (Fsp3) is 0.600. The molecule has 19 heavy (non-hydrogen) atoms. The molecule has 0 bridgehead atoms. The quantitative estimate of drug-likeness (QED) is 0.694. The van der Waals surface area contributed by atoms with Gasteiger partial charge in [0.1, 0.15) is 11.5 Å². The molecule has 0 aliphatic carbocycles. The molecule has 108 valence electrons. The van der Waals surface area contributed by atoms with Gasteiger partial charge in [0.15, 0.2) is 0 Å². The monoisotopic (exact) mass is 266 g/mol. The lowest BCUT2D eigenvalue weighted by molar-refractivity contribution is 0.327. The van der Waals surface area contributed by atoms with Gasteiger partial charge in [-0.3, -0.25) is 0 Å². The maximum Gasteiger partial charge on any atom is 0.125 e. The van der Waals surface area contributed by atoms with E-state index in [1.54, 1.807) is 14.2 Å². The Morgan fingerprint density at radius 3 is 2.53 bits per heavy atom. The van der Waals surface area contributed by atoms with Crippen LogP contribution in [-0.2, 0) is 6.42 Å². The number of hydrogen-bond donors (Lipinski definition) is 1. The Kier molecular flexibility index (Phi) is 7.30.